The smallest absolute Gasteiger partial charge is 0.131 e. The van der Waals surface area contributed by atoms with Gasteiger partial charge in [-0.05, 0) is 42.3 Å². The van der Waals surface area contributed by atoms with Crippen LogP contribution in [0.1, 0.15) is 5.56 Å². The molecule has 1 nitrogen and oxygen atoms in total. The third kappa shape index (κ3) is 2.42. The predicted molar refractivity (Wildman–Crippen MR) is 68.1 cm³/mol. The summed E-state index contributed by atoms with van der Waals surface area (Å²) >= 11 is 5.90. The van der Waals surface area contributed by atoms with Crippen LogP contribution >= 0.6 is 11.6 Å². The SMILES string of the molecule is COc1cc(-c2cccc(Cl)c2)c(F)cc1C. The zero-order chi connectivity index (χ0) is 12.4. The molecule has 0 bridgehead atoms. The third-order valence-electron chi connectivity index (χ3n) is 2.62. The van der Waals surface area contributed by atoms with Gasteiger partial charge in [-0.1, -0.05) is 23.7 Å². The number of methoxy groups -OCH3 is 1. The van der Waals surface area contributed by atoms with Crippen molar-refractivity contribution in [2.24, 2.45) is 0 Å². The summed E-state index contributed by atoms with van der Waals surface area (Å²) in [5.74, 6) is 0.395. The van der Waals surface area contributed by atoms with Gasteiger partial charge in [-0.2, -0.15) is 0 Å². The summed E-state index contributed by atoms with van der Waals surface area (Å²) in [5.41, 5.74) is 2.01. The zero-order valence-corrected chi connectivity index (χ0v) is 10.4. The van der Waals surface area contributed by atoms with E-state index in [0.29, 0.717) is 16.3 Å². The van der Waals surface area contributed by atoms with E-state index in [0.717, 1.165) is 11.1 Å². The van der Waals surface area contributed by atoms with Crippen molar-refractivity contribution in [3.8, 4) is 16.9 Å². The number of hydrogen-bond acceptors (Lipinski definition) is 1. The Morgan fingerprint density at radius 1 is 1.18 bits per heavy atom. The van der Waals surface area contributed by atoms with Gasteiger partial charge in [0.25, 0.3) is 0 Å². The van der Waals surface area contributed by atoms with Gasteiger partial charge in [0, 0.05) is 10.6 Å². The largest absolute Gasteiger partial charge is 0.496 e. The molecule has 3 heteroatoms. The lowest BCUT2D eigenvalue weighted by atomic mass is 10.0. The summed E-state index contributed by atoms with van der Waals surface area (Å²) in [4.78, 5) is 0. The maximum Gasteiger partial charge on any atom is 0.131 e. The average molecular weight is 251 g/mol. The molecule has 0 fully saturated rings. The normalized spacial score (nSPS) is 10.4. The van der Waals surface area contributed by atoms with Gasteiger partial charge in [0.1, 0.15) is 11.6 Å². The Hall–Kier alpha value is -1.54. The number of benzene rings is 2. The fraction of sp³-hybridized carbons (Fsp3) is 0.143. The van der Waals surface area contributed by atoms with Crippen molar-refractivity contribution >= 4 is 11.6 Å². The van der Waals surface area contributed by atoms with Crippen LogP contribution in [0, 0.1) is 12.7 Å². The van der Waals surface area contributed by atoms with Crippen molar-refractivity contribution < 1.29 is 9.13 Å². The van der Waals surface area contributed by atoms with E-state index in [1.165, 1.54) is 6.07 Å². The zero-order valence-electron chi connectivity index (χ0n) is 9.63. The molecule has 0 saturated carbocycles. The van der Waals surface area contributed by atoms with Crippen LogP contribution in [0.3, 0.4) is 0 Å². The minimum absolute atomic E-state index is 0.273. The van der Waals surface area contributed by atoms with Crippen LogP contribution < -0.4 is 4.74 Å². The molecule has 0 amide bonds. The molecule has 0 aliphatic carbocycles. The highest BCUT2D eigenvalue weighted by Gasteiger charge is 2.09. The Balaban J connectivity index is 2.59. The summed E-state index contributed by atoms with van der Waals surface area (Å²) in [6.07, 6.45) is 0. The van der Waals surface area contributed by atoms with Crippen LogP contribution in [0.2, 0.25) is 5.02 Å². The molecule has 17 heavy (non-hydrogen) atoms. The number of aryl methyl sites for hydroxylation is 1. The molecule has 2 aromatic carbocycles. The highest BCUT2D eigenvalue weighted by atomic mass is 35.5. The number of halogens is 2. The Morgan fingerprint density at radius 2 is 1.94 bits per heavy atom. The first kappa shape index (κ1) is 11.9. The minimum Gasteiger partial charge on any atom is -0.496 e. The van der Waals surface area contributed by atoms with E-state index in [4.69, 9.17) is 16.3 Å². The van der Waals surface area contributed by atoms with Crippen molar-refractivity contribution in [1.82, 2.24) is 0 Å². The van der Waals surface area contributed by atoms with E-state index in [-0.39, 0.29) is 5.82 Å². The first-order valence-corrected chi connectivity index (χ1v) is 5.59. The lowest BCUT2D eigenvalue weighted by molar-refractivity contribution is 0.410. The van der Waals surface area contributed by atoms with Gasteiger partial charge in [0.15, 0.2) is 0 Å². The van der Waals surface area contributed by atoms with Gasteiger partial charge in [-0.25, -0.2) is 4.39 Å². The molecule has 0 heterocycles. The predicted octanol–water partition coefficient (Wildman–Crippen LogP) is 4.46. The Morgan fingerprint density at radius 3 is 2.59 bits per heavy atom. The van der Waals surface area contributed by atoms with Crippen molar-refractivity contribution in [2.75, 3.05) is 7.11 Å². The molecule has 88 valence electrons. The van der Waals surface area contributed by atoms with E-state index >= 15 is 0 Å². The van der Waals surface area contributed by atoms with Crippen LogP contribution in [0.15, 0.2) is 36.4 Å². The second-order valence-electron chi connectivity index (χ2n) is 3.81. The third-order valence-corrected chi connectivity index (χ3v) is 2.86. The molecule has 0 N–H and O–H groups in total. The second kappa shape index (κ2) is 4.76. The van der Waals surface area contributed by atoms with Crippen molar-refractivity contribution in [2.45, 2.75) is 6.92 Å². The molecule has 0 radical (unpaired) electrons. The van der Waals surface area contributed by atoms with Gasteiger partial charge >= 0.3 is 0 Å². The fourth-order valence-electron chi connectivity index (χ4n) is 1.75. The fourth-order valence-corrected chi connectivity index (χ4v) is 1.94. The molecule has 2 rings (SSSR count). The van der Waals surface area contributed by atoms with Crippen molar-refractivity contribution in [1.29, 1.82) is 0 Å². The van der Waals surface area contributed by atoms with Crippen LogP contribution in [-0.2, 0) is 0 Å². The molecule has 0 aromatic heterocycles. The summed E-state index contributed by atoms with van der Waals surface area (Å²) in [6, 6.07) is 10.3. The van der Waals surface area contributed by atoms with E-state index in [2.05, 4.69) is 0 Å². The summed E-state index contributed by atoms with van der Waals surface area (Å²) in [5, 5.41) is 0.585. The van der Waals surface area contributed by atoms with Gasteiger partial charge in [0.2, 0.25) is 0 Å². The van der Waals surface area contributed by atoms with Crippen LogP contribution in [0.4, 0.5) is 4.39 Å². The van der Waals surface area contributed by atoms with Crippen LogP contribution in [-0.4, -0.2) is 7.11 Å². The van der Waals surface area contributed by atoms with Crippen molar-refractivity contribution in [3.63, 3.8) is 0 Å². The van der Waals surface area contributed by atoms with E-state index < -0.39 is 0 Å². The lowest BCUT2D eigenvalue weighted by Gasteiger charge is -2.09. The minimum atomic E-state index is -0.273. The molecule has 0 unspecified atom stereocenters. The van der Waals surface area contributed by atoms with Gasteiger partial charge in [0.05, 0.1) is 7.11 Å². The number of ether oxygens (including phenoxy) is 1. The van der Waals surface area contributed by atoms with E-state index in [9.17, 15) is 4.39 Å². The summed E-state index contributed by atoms with van der Waals surface area (Å²) in [7, 11) is 1.57. The molecule has 0 aliphatic rings. The molecule has 0 saturated heterocycles. The second-order valence-corrected chi connectivity index (χ2v) is 4.25. The van der Waals surface area contributed by atoms with Gasteiger partial charge in [-0.15, -0.1) is 0 Å². The maximum absolute atomic E-state index is 13.9. The Bertz CT molecular complexity index is 552. The quantitative estimate of drug-likeness (QED) is 0.765. The van der Waals surface area contributed by atoms with E-state index in [1.807, 2.05) is 13.0 Å². The molecule has 0 aliphatic heterocycles. The van der Waals surface area contributed by atoms with Crippen LogP contribution in [0.5, 0.6) is 5.75 Å². The number of rotatable bonds is 2. The Labute approximate surface area is 105 Å². The van der Waals surface area contributed by atoms with Crippen molar-refractivity contribution in [3.05, 3.63) is 52.8 Å². The first-order chi connectivity index (χ1) is 8.11. The van der Waals surface area contributed by atoms with Gasteiger partial charge < -0.3 is 4.74 Å². The van der Waals surface area contributed by atoms with Crippen LogP contribution in [0.25, 0.3) is 11.1 Å². The number of hydrogen-bond donors (Lipinski definition) is 0. The standard InChI is InChI=1S/C14H12ClFO/c1-9-6-13(16)12(8-14(9)17-2)10-4-3-5-11(15)7-10/h3-8H,1-2H3. The van der Waals surface area contributed by atoms with E-state index in [1.54, 1.807) is 31.4 Å². The summed E-state index contributed by atoms with van der Waals surface area (Å²) < 4.78 is 19.1. The first-order valence-electron chi connectivity index (χ1n) is 5.22. The molecular weight excluding hydrogens is 239 g/mol. The molecule has 0 atom stereocenters. The summed E-state index contributed by atoms with van der Waals surface area (Å²) in [6.45, 7) is 1.81. The van der Waals surface area contributed by atoms with Gasteiger partial charge in [-0.3, -0.25) is 0 Å². The highest BCUT2D eigenvalue weighted by Crippen LogP contribution is 2.30. The molecular formula is C14H12ClFO. The lowest BCUT2D eigenvalue weighted by Crippen LogP contribution is -1.92. The Kier molecular flexibility index (Phi) is 3.34. The monoisotopic (exact) mass is 250 g/mol. The topological polar surface area (TPSA) is 9.23 Å². The average Bonchev–Trinajstić information content (AvgIpc) is 2.29. The molecule has 0 spiro atoms. The maximum atomic E-state index is 13.9. The highest BCUT2D eigenvalue weighted by molar-refractivity contribution is 6.30. The molecule has 2 aromatic rings.